The average molecular weight is 740 g/mol. The van der Waals surface area contributed by atoms with Gasteiger partial charge >= 0.3 is 12.0 Å². The van der Waals surface area contributed by atoms with E-state index in [1.54, 1.807) is 16.4 Å². The molecule has 0 aliphatic carbocycles. The monoisotopic (exact) mass is 739 g/mol. The normalized spacial score (nSPS) is 15.8. The largest absolute Gasteiger partial charge is 0.403 e. The number of nitrogens with one attached hydrogen (secondary N) is 2. The van der Waals surface area contributed by atoms with Gasteiger partial charge in [0.05, 0.1) is 22.8 Å². The average Bonchev–Trinajstić information content (AvgIpc) is 3.59. The summed E-state index contributed by atoms with van der Waals surface area (Å²) in [5.74, 6) is -2.88. The third-order valence-electron chi connectivity index (χ3n) is 9.63. The molecule has 2 N–H and O–H groups in total. The summed E-state index contributed by atoms with van der Waals surface area (Å²) in [5.41, 5.74) is -2.33. The molecule has 15 nitrogen and oxygen atoms in total. The molecule has 4 aromatic heterocycles. The number of benzene rings is 1. The first-order valence-corrected chi connectivity index (χ1v) is 17.1. The SMILES string of the molecule is CCn1cc(NC(=O)Nc2nnc(-c3cn(CCF)c4c(F)c(N5CCN(C)CC5)c(F)cc4c3=O)o2)c(=O)c2cc(F)c(N3CCN(C)CC3)nc21. The van der Waals surface area contributed by atoms with Crippen molar-refractivity contribution >= 4 is 51.2 Å². The number of halogens is 4. The number of amides is 2. The quantitative estimate of drug-likeness (QED) is 0.226. The van der Waals surface area contributed by atoms with Crippen LogP contribution in [0.5, 0.6) is 0 Å². The summed E-state index contributed by atoms with van der Waals surface area (Å²) in [6, 6.07) is 0.563. The van der Waals surface area contributed by atoms with E-state index >= 15 is 13.2 Å². The molecule has 2 aliphatic rings. The molecule has 7 rings (SSSR count). The number of aryl methyl sites for hydroxylation is 2. The van der Waals surface area contributed by atoms with Crippen molar-refractivity contribution in [3.8, 4) is 11.5 Å². The van der Waals surface area contributed by atoms with Crippen LogP contribution < -0.4 is 31.3 Å². The van der Waals surface area contributed by atoms with Crippen molar-refractivity contribution in [2.45, 2.75) is 20.0 Å². The zero-order chi connectivity index (χ0) is 37.6. The van der Waals surface area contributed by atoms with Crippen molar-refractivity contribution in [1.29, 1.82) is 0 Å². The predicted octanol–water partition coefficient (Wildman–Crippen LogP) is 3.32. The summed E-state index contributed by atoms with van der Waals surface area (Å²) in [5, 5.41) is 11.9. The van der Waals surface area contributed by atoms with Gasteiger partial charge in [-0.3, -0.25) is 14.9 Å². The van der Waals surface area contributed by atoms with Gasteiger partial charge in [-0.05, 0) is 33.2 Å². The van der Waals surface area contributed by atoms with Gasteiger partial charge < -0.3 is 38.5 Å². The molecular weight excluding hydrogens is 702 g/mol. The van der Waals surface area contributed by atoms with E-state index in [4.69, 9.17) is 4.42 Å². The molecule has 2 amide bonds. The number of carbonyl (C=O) groups is 1. The van der Waals surface area contributed by atoms with E-state index in [1.165, 1.54) is 6.20 Å². The summed E-state index contributed by atoms with van der Waals surface area (Å²) in [7, 11) is 3.88. The van der Waals surface area contributed by atoms with Gasteiger partial charge in [-0.15, -0.1) is 5.10 Å². The van der Waals surface area contributed by atoms with Crippen molar-refractivity contribution in [3.05, 3.63) is 62.4 Å². The Bertz CT molecular complexity index is 2330. The van der Waals surface area contributed by atoms with Crippen LogP contribution in [-0.4, -0.2) is 113 Å². The summed E-state index contributed by atoms with van der Waals surface area (Å²) < 4.78 is 68.7. The first-order chi connectivity index (χ1) is 25.5. The van der Waals surface area contributed by atoms with Gasteiger partial charge in [0.1, 0.15) is 35.1 Å². The number of hydrogen-bond acceptors (Lipinski definition) is 11. The second kappa shape index (κ2) is 14.5. The molecule has 0 radical (unpaired) electrons. The molecule has 2 aliphatic heterocycles. The van der Waals surface area contributed by atoms with Crippen molar-refractivity contribution < 1.29 is 26.8 Å². The minimum atomic E-state index is -0.990. The molecule has 6 heterocycles. The minimum Gasteiger partial charge on any atom is -0.403 e. The lowest BCUT2D eigenvalue weighted by Crippen LogP contribution is -2.45. The molecule has 0 spiro atoms. The Hall–Kier alpha value is -5.56. The van der Waals surface area contributed by atoms with Crippen LogP contribution in [0.1, 0.15) is 6.92 Å². The molecule has 5 aromatic rings. The number of aromatic nitrogens is 5. The van der Waals surface area contributed by atoms with E-state index in [0.29, 0.717) is 45.8 Å². The van der Waals surface area contributed by atoms with E-state index in [-0.39, 0.29) is 51.2 Å². The molecular formula is C34H37F4N11O4. The second-order valence-electron chi connectivity index (χ2n) is 13.1. The molecule has 2 saturated heterocycles. The van der Waals surface area contributed by atoms with E-state index in [0.717, 1.165) is 36.0 Å². The van der Waals surface area contributed by atoms with Crippen molar-refractivity contribution in [2.24, 2.45) is 0 Å². The number of rotatable bonds is 8. The van der Waals surface area contributed by atoms with Crippen LogP contribution in [0, 0.1) is 17.5 Å². The Kier molecular flexibility index (Phi) is 9.77. The third kappa shape index (κ3) is 6.76. The molecule has 2 fully saturated rings. The first kappa shape index (κ1) is 35.8. The van der Waals surface area contributed by atoms with Gasteiger partial charge in [0.2, 0.25) is 10.9 Å². The zero-order valence-electron chi connectivity index (χ0n) is 29.3. The number of fused-ring (bicyclic) bond motifs is 2. The van der Waals surface area contributed by atoms with Crippen LogP contribution in [0.2, 0.25) is 0 Å². The molecule has 280 valence electrons. The molecule has 0 saturated carbocycles. The molecule has 1 aromatic carbocycles. The fourth-order valence-electron chi connectivity index (χ4n) is 6.70. The lowest BCUT2D eigenvalue weighted by Gasteiger charge is -2.34. The number of hydrogen-bond donors (Lipinski definition) is 2. The standard InChI is InChI=1S/C34H37F4N11O4/c1-4-46-18-24(29(51)20-16-23(37)31(40-30(20)46)48-13-9-45(3)10-14-48)39-33(52)41-34-43-42-32(53-34)21-17-49(6-5-35)26-19(28(21)50)15-22(36)27(25(26)38)47-11-7-44(2)8-12-47/h15-18H,4-14H2,1-3H3,(H2,39,41,43,52). The Morgan fingerprint density at radius 3 is 2.15 bits per heavy atom. The summed E-state index contributed by atoms with van der Waals surface area (Å²) in [6.45, 7) is 5.33. The Labute approximate surface area is 299 Å². The van der Waals surface area contributed by atoms with E-state index in [9.17, 15) is 18.8 Å². The third-order valence-corrected chi connectivity index (χ3v) is 9.63. The maximum Gasteiger partial charge on any atom is 0.327 e. The van der Waals surface area contributed by atoms with Gasteiger partial charge in [0.15, 0.2) is 17.5 Å². The highest BCUT2D eigenvalue weighted by atomic mass is 19.1. The van der Waals surface area contributed by atoms with E-state index < -0.39 is 52.9 Å². The molecule has 19 heteroatoms. The molecule has 0 atom stereocenters. The number of likely N-dealkylation sites (N-methyl/N-ethyl adjacent to an activating group) is 2. The van der Waals surface area contributed by atoms with Crippen molar-refractivity contribution in [1.82, 2.24) is 34.1 Å². The smallest absolute Gasteiger partial charge is 0.327 e. The molecule has 53 heavy (non-hydrogen) atoms. The molecule has 0 bridgehead atoms. The van der Waals surface area contributed by atoms with Crippen LogP contribution in [0.4, 0.5) is 45.6 Å². The van der Waals surface area contributed by atoms with Gasteiger partial charge in [0.25, 0.3) is 5.89 Å². The Balaban J connectivity index is 1.15. The minimum absolute atomic E-state index is 0.0375. The van der Waals surface area contributed by atoms with Gasteiger partial charge in [-0.2, -0.15) is 0 Å². The van der Waals surface area contributed by atoms with Crippen LogP contribution in [-0.2, 0) is 13.1 Å². The Morgan fingerprint density at radius 2 is 1.49 bits per heavy atom. The van der Waals surface area contributed by atoms with Crippen LogP contribution in [0.15, 0.2) is 38.5 Å². The van der Waals surface area contributed by atoms with Crippen molar-refractivity contribution in [2.75, 3.05) is 93.6 Å². The van der Waals surface area contributed by atoms with Crippen LogP contribution >= 0.6 is 0 Å². The number of nitrogens with zero attached hydrogens (tertiary/aromatic N) is 9. The highest BCUT2D eigenvalue weighted by Crippen LogP contribution is 2.32. The van der Waals surface area contributed by atoms with Gasteiger partial charge in [-0.25, -0.2) is 27.3 Å². The zero-order valence-corrected chi connectivity index (χ0v) is 29.3. The topological polar surface area (TPSA) is 150 Å². The maximum absolute atomic E-state index is 16.0. The number of alkyl halides is 1. The highest BCUT2D eigenvalue weighted by molar-refractivity contribution is 5.99. The van der Waals surface area contributed by atoms with Gasteiger partial charge in [-0.1, -0.05) is 5.10 Å². The summed E-state index contributed by atoms with van der Waals surface area (Å²) in [6.07, 6.45) is 2.53. The van der Waals surface area contributed by atoms with Gasteiger partial charge in [0, 0.05) is 71.3 Å². The fourth-order valence-corrected chi connectivity index (χ4v) is 6.70. The summed E-state index contributed by atoms with van der Waals surface area (Å²) >= 11 is 0. The lowest BCUT2D eigenvalue weighted by molar-refractivity contribution is 0.261. The van der Waals surface area contributed by atoms with Crippen LogP contribution in [0.25, 0.3) is 33.4 Å². The predicted molar refractivity (Wildman–Crippen MR) is 191 cm³/mol. The summed E-state index contributed by atoms with van der Waals surface area (Å²) in [4.78, 5) is 52.0. The van der Waals surface area contributed by atoms with Crippen molar-refractivity contribution in [3.63, 3.8) is 0 Å². The lowest BCUT2D eigenvalue weighted by atomic mass is 10.1. The number of piperazine rings is 2. The highest BCUT2D eigenvalue weighted by Gasteiger charge is 2.28. The first-order valence-electron chi connectivity index (χ1n) is 17.1. The van der Waals surface area contributed by atoms with E-state index in [2.05, 4.69) is 30.7 Å². The van der Waals surface area contributed by atoms with Crippen LogP contribution in [0.3, 0.4) is 0 Å². The second-order valence-corrected chi connectivity index (χ2v) is 13.1. The maximum atomic E-state index is 16.0. The van der Waals surface area contributed by atoms with E-state index in [1.807, 2.05) is 23.9 Å². The number of carbonyl (C=O) groups excluding carboxylic acids is 1. The fraction of sp³-hybridized carbons (Fsp3) is 0.412. The molecule has 0 unspecified atom stereocenters. The Morgan fingerprint density at radius 1 is 0.830 bits per heavy atom. The number of pyridine rings is 3. The number of anilines is 4. The number of urea groups is 1.